The van der Waals surface area contributed by atoms with Gasteiger partial charge in [0.25, 0.3) is 5.91 Å². The molecule has 0 radical (unpaired) electrons. The first kappa shape index (κ1) is 22.0. The molecule has 162 valence electrons. The number of halogens is 1. The Morgan fingerprint density at radius 1 is 1.29 bits per heavy atom. The number of nitrogens with one attached hydrogen (secondary N) is 1. The van der Waals surface area contributed by atoms with E-state index < -0.39 is 0 Å². The summed E-state index contributed by atoms with van der Waals surface area (Å²) in [5.74, 6) is 0.274. The zero-order valence-electron chi connectivity index (χ0n) is 18.8. The summed E-state index contributed by atoms with van der Waals surface area (Å²) in [6.45, 7) is 10.9. The van der Waals surface area contributed by atoms with Crippen LogP contribution in [0, 0.1) is 13.8 Å². The molecule has 4 rings (SSSR count). The smallest absolute Gasteiger partial charge is 0.264 e. The number of anilines is 1. The average molecular weight is 454 g/mol. The molecular formula is C25H28ClN3OS. The lowest BCUT2D eigenvalue weighted by Crippen LogP contribution is -2.45. The minimum atomic E-state index is -0.144. The van der Waals surface area contributed by atoms with E-state index in [9.17, 15) is 4.79 Å². The SMILES string of the molecule is Cc1cccc(N=C2NC(=O)/C(=C\c3cc4c(cc3Cl)N(C)C(C)(C)CC4C)S2)c1C. The Morgan fingerprint density at radius 3 is 2.77 bits per heavy atom. The van der Waals surface area contributed by atoms with Gasteiger partial charge in [0.2, 0.25) is 0 Å². The topological polar surface area (TPSA) is 44.7 Å². The number of hydrogen-bond acceptors (Lipinski definition) is 4. The van der Waals surface area contributed by atoms with Gasteiger partial charge >= 0.3 is 0 Å². The Bertz CT molecular complexity index is 1140. The zero-order chi connectivity index (χ0) is 22.5. The summed E-state index contributed by atoms with van der Waals surface area (Å²) in [5.41, 5.74) is 6.54. The van der Waals surface area contributed by atoms with Crippen molar-refractivity contribution >= 4 is 51.9 Å². The summed E-state index contributed by atoms with van der Waals surface area (Å²) in [6, 6.07) is 10.2. The van der Waals surface area contributed by atoms with Gasteiger partial charge in [0.1, 0.15) is 0 Å². The summed E-state index contributed by atoms with van der Waals surface area (Å²) in [7, 11) is 2.12. The van der Waals surface area contributed by atoms with E-state index in [1.807, 2.05) is 31.2 Å². The molecule has 0 saturated carbocycles. The first-order valence-corrected chi connectivity index (χ1v) is 11.7. The molecule has 2 aliphatic rings. The Hall–Kier alpha value is -2.24. The maximum absolute atomic E-state index is 12.6. The monoisotopic (exact) mass is 453 g/mol. The van der Waals surface area contributed by atoms with E-state index in [1.165, 1.54) is 22.9 Å². The molecule has 0 spiro atoms. The second-order valence-corrected chi connectivity index (χ2v) is 10.5. The maximum Gasteiger partial charge on any atom is 0.264 e. The molecule has 31 heavy (non-hydrogen) atoms. The van der Waals surface area contributed by atoms with Crippen molar-refractivity contribution in [1.29, 1.82) is 0 Å². The second kappa shape index (κ2) is 8.03. The third-order valence-corrected chi connectivity index (χ3v) is 7.72. The van der Waals surface area contributed by atoms with E-state index in [2.05, 4.69) is 62.1 Å². The lowest BCUT2D eigenvalue weighted by Gasteiger charge is -2.45. The molecule has 0 aromatic heterocycles. The summed E-state index contributed by atoms with van der Waals surface area (Å²) >= 11 is 8.01. The summed E-state index contributed by atoms with van der Waals surface area (Å²) in [6.07, 6.45) is 2.94. The molecule has 0 aliphatic carbocycles. The fraction of sp³-hybridized carbons (Fsp3) is 0.360. The molecule has 2 aromatic carbocycles. The van der Waals surface area contributed by atoms with E-state index in [0.29, 0.717) is 21.0 Å². The van der Waals surface area contributed by atoms with Crippen molar-refractivity contribution in [3.63, 3.8) is 0 Å². The van der Waals surface area contributed by atoms with Crippen molar-refractivity contribution < 1.29 is 4.79 Å². The number of benzene rings is 2. The average Bonchev–Trinajstić information content (AvgIpc) is 3.03. The number of fused-ring (bicyclic) bond motifs is 1. The molecule has 1 N–H and O–H groups in total. The van der Waals surface area contributed by atoms with Gasteiger partial charge in [0.05, 0.1) is 10.6 Å². The standard InChI is InChI=1S/C25H28ClN3OS/c1-14-8-7-9-20(16(14)3)27-24-28-23(30)22(31-24)11-17-10-18-15(2)13-25(4,5)29(6)21(18)12-19(17)26/h7-12,15H,13H2,1-6H3,(H,27,28,30)/b22-11+. The van der Waals surface area contributed by atoms with Gasteiger partial charge in [-0.2, -0.15) is 0 Å². The number of hydrogen-bond donors (Lipinski definition) is 1. The number of thioether (sulfide) groups is 1. The van der Waals surface area contributed by atoms with E-state index >= 15 is 0 Å². The van der Waals surface area contributed by atoms with Crippen LogP contribution in [0.1, 0.15) is 55.4 Å². The van der Waals surface area contributed by atoms with Crippen LogP contribution < -0.4 is 10.2 Å². The van der Waals surface area contributed by atoms with Gasteiger partial charge in [-0.25, -0.2) is 4.99 Å². The normalized spacial score (nSPS) is 22.7. The molecule has 0 bridgehead atoms. The molecule has 1 saturated heterocycles. The van der Waals surface area contributed by atoms with Gasteiger partial charge in [-0.15, -0.1) is 0 Å². The highest BCUT2D eigenvalue weighted by Crippen LogP contribution is 2.45. The lowest BCUT2D eigenvalue weighted by atomic mass is 9.80. The number of amidine groups is 1. The Kier molecular flexibility index (Phi) is 5.69. The quantitative estimate of drug-likeness (QED) is 0.523. The molecule has 1 fully saturated rings. The van der Waals surface area contributed by atoms with Crippen molar-refractivity contribution in [2.24, 2.45) is 4.99 Å². The van der Waals surface area contributed by atoms with E-state index in [0.717, 1.165) is 28.9 Å². The van der Waals surface area contributed by atoms with Crippen LogP contribution in [0.2, 0.25) is 5.02 Å². The molecule has 1 atom stereocenters. The fourth-order valence-corrected chi connectivity index (χ4v) is 5.34. The van der Waals surface area contributed by atoms with Crippen molar-refractivity contribution in [2.45, 2.75) is 52.5 Å². The van der Waals surface area contributed by atoms with Crippen LogP contribution in [0.4, 0.5) is 11.4 Å². The predicted octanol–water partition coefficient (Wildman–Crippen LogP) is 6.57. The highest BCUT2D eigenvalue weighted by atomic mass is 35.5. The molecule has 4 nitrogen and oxygen atoms in total. The highest BCUT2D eigenvalue weighted by molar-refractivity contribution is 8.18. The van der Waals surface area contributed by atoms with Gasteiger partial charge < -0.3 is 10.2 Å². The van der Waals surface area contributed by atoms with Gasteiger partial charge in [-0.3, -0.25) is 4.79 Å². The zero-order valence-corrected chi connectivity index (χ0v) is 20.4. The predicted molar refractivity (Wildman–Crippen MR) is 134 cm³/mol. The van der Waals surface area contributed by atoms with Gasteiger partial charge in [-0.05, 0) is 98.3 Å². The molecule has 1 amide bonds. The van der Waals surface area contributed by atoms with Crippen molar-refractivity contribution in [3.05, 3.63) is 62.5 Å². The maximum atomic E-state index is 12.6. The Morgan fingerprint density at radius 2 is 2.03 bits per heavy atom. The fourth-order valence-electron chi connectivity index (χ4n) is 4.30. The number of aryl methyl sites for hydroxylation is 1. The van der Waals surface area contributed by atoms with Crippen LogP contribution in [0.25, 0.3) is 6.08 Å². The van der Waals surface area contributed by atoms with Crippen LogP contribution in [0.15, 0.2) is 40.2 Å². The Labute approximate surface area is 193 Å². The summed E-state index contributed by atoms with van der Waals surface area (Å²) in [4.78, 5) is 20.2. The molecule has 2 aliphatic heterocycles. The van der Waals surface area contributed by atoms with E-state index in [4.69, 9.17) is 11.6 Å². The van der Waals surface area contributed by atoms with E-state index in [1.54, 1.807) is 0 Å². The molecule has 2 heterocycles. The number of nitrogens with zero attached hydrogens (tertiary/aromatic N) is 2. The molecular weight excluding hydrogens is 426 g/mol. The third-order valence-electron chi connectivity index (χ3n) is 6.49. The minimum Gasteiger partial charge on any atom is -0.369 e. The first-order valence-electron chi connectivity index (χ1n) is 10.5. The van der Waals surface area contributed by atoms with Gasteiger partial charge in [0, 0.05) is 23.3 Å². The largest absolute Gasteiger partial charge is 0.369 e. The number of carbonyl (C=O) groups excluding carboxylic acids is 1. The summed E-state index contributed by atoms with van der Waals surface area (Å²) in [5, 5.41) is 4.12. The number of rotatable bonds is 2. The van der Waals surface area contributed by atoms with Crippen LogP contribution in [0.3, 0.4) is 0 Å². The van der Waals surface area contributed by atoms with Crippen molar-refractivity contribution in [3.8, 4) is 0 Å². The van der Waals surface area contributed by atoms with E-state index in [-0.39, 0.29) is 11.4 Å². The number of carbonyl (C=O) groups is 1. The molecule has 6 heteroatoms. The summed E-state index contributed by atoms with van der Waals surface area (Å²) < 4.78 is 0. The molecule has 1 unspecified atom stereocenters. The van der Waals surface area contributed by atoms with Crippen LogP contribution in [-0.2, 0) is 4.79 Å². The molecule has 2 aromatic rings. The third kappa shape index (κ3) is 4.13. The van der Waals surface area contributed by atoms with Crippen LogP contribution in [-0.4, -0.2) is 23.7 Å². The van der Waals surface area contributed by atoms with Crippen molar-refractivity contribution in [2.75, 3.05) is 11.9 Å². The van der Waals surface area contributed by atoms with Gasteiger partial charge in [0.15, 0.2) is 5.17 Å². The Balaban J connectivity index is 1.67. The second-order valence-electron chi connectivity index (χ2n) is 9.11. The van der Waals surface area contributed by atoms with Crippen LogP contribution >= 0.6 is 23.4 Å². The number of aliphatic imine (C=N–C) groups is 1. The van der Waals surface area contributed by atoms with Crippen molar-refractivity contribution in [1.82, 2.24) is 5.32 Å². The van der Waals surface area contributed by atoms with Gasteiger partial charge in [-0.1, -0.05) is 30.7 Å². The van der Waals surface area contributed by atoms with Crippen LogP contribution in [0.5, 0.6) is 0 Å². The highest BCUT2D eigenvalue weighted by Gasteiger charge is 2.34. The number of amides is 1. The lowest BCUT2D eigenvalue weighted by molar-refractivity contribution is -0.115. The minimum absolute atomic E-state index is 0.0796. The first-order chi connectivity index (χ1) is 14.6.